The number of carboxylic acids is 2. The number of methoxy groups -OCH3 is 1. The molecule has 1 amide bonds. The number of hydrogen-bond acceptors (Lipinski definition) is 7. The molecule has 1 atom stereocenters. The maximum atomic E-state index is 13.2. The fraction of sp³-hybridized carbons (Fsp3) is 0.357. The molecule has 1 aliphatic heterocycles. The minimum atomic E-state index is -1.31. The standard InChI is InChI=1S/C28H31NO7S2/c1-4-5-6-7-8-9-17(2)36-22-11-10-18(12-23(22)35-3)13-24-25(30)29(28(37)38-24)21-15-19(26(31)32)14-20(16-21)27(33)34/h10-17H,4-9H2,1-3H3,(H,31,32)(H,33,34)/b24-13+/t17-/m0/s1. The number of thioether (sulfide) groups is 1. The SMILES string of the molecule is CCCCCCC[C@H](C)Oc1ccc(/C=C2/SC(=S)N(c3cc(C(=O)O)cc(C(=O)O)c3)C2=O)cc1OC. The van der Waals surface area contributed by atoms with Crippen molar-refractivity contribution >= 4 is 57.9 Å². The van der Waals surface area contributed by atoms with Gasteiger partial charge in [-0.25, -0.2) is 9.59 Å². The van der Waals surface area contributed by atoms with E-state index in [9.17, 15) is 24.6 Å². The van der Waals surface area contributed by atoms with Gasteiger partial charge in [-0.2, -0.15) is 0 Å². The van der Waals surface area contributed by atoms with Gasteiger partial charge in [-0.1, -0.05) is 62.7 Å². The Labute approximate surface area is 231 Å². The average molecular weight is 558 g/mol. The van der Waals surface area contributed by atoms with Gasteiger partial charge in [0.05, 0.1) is 34.9 Å². The Bertz CT molecular complexity index is 1230. The zero-order chi connectivity index (χ0) is 27.8. The highest BCUT2D eigenvalue weighted by molar-refractivity contribution is 8.27. The fourth-order valence-electron chi connectivity index (χ4n) is 4.01. The number of nitrogens with zero attached hydrogens (tertiary/aromatic N) is 1. The van der Waals surface area contributed by atoms with Gasteiger partial charge in [0.15, 0.2) is 15.8 Å². The van der Waals surface area contributed by atoms with E-state index in [2.05, 4.69) is 6.92 Å². The second-order valence-electron chi connectivity index (χ2n) is 8.94. The second kappa shape index (κ2) is 13.4. The van der Waals surface area contributed by atoms with E-state index >= 15 is 0 Å². The zero-order valence-corrected chi connectivity index (χ0v) is 23.2. The lowest BCUT2D eigenvalue weighted by Crippen LogP contribution is -2.28. The van der Waals surface area contributed by atoms with Gasteiger partial charge in [0.2, 0.25) is 0 Å². The van der Waals surface area contributed by atoms with Crippen LogP contribution in [0.25, 0.3) is 6.08 Å². The zero-order valence-electron chi connectivity index (χ0n) is 21.6. The molecule has 2 aromatic rings. The molecule has 10 heteroatoms. The maximum Gasteiger partial charge on any atom is 0.335 e. The van der Waals surface area contributed by atoms with Gasteiger partial charge >= 0.3 is 11.9 Å². The Hall–Kier alpha value is -3.37. The van der Waals surface area contributed by atoms with E-state index in [1.807, 2.05) is 13.0 Å². The fourth-order valence-corrected chi connectivity index (χ4v) is 5.31. The summed E-state index contributed by atoms with van der Waals surface area (Å²) in [5.41, 5.74) is 0.257. The molecule has 3 rings (SSSR count). The van der Waals surface area contributed by atoms with Gasteiger partial charge in [0, 0.05) is 0 Å². The van der Waals surface area contributed by atoms with Crippen molar-refractivity contribution in [1.29, 1.82) is 0 Å². The van der Waals surface area contributed by atoms with Crippen LogP contribution in [-0.4, -0.2) is 45.6 Å². The van der Waals surface area contributed by atoms with Gasteiger partial charge in [0.25, 0.3) is 5.91 Å². The van der Waals surface area contributed by atoms with Crippen LogP contribution in [0.1, 0.15) is 78.7 Å². The lowest BCUT2D eigenvalue weighted by Gasteiger charge is -2.17. The number of thiocarbonyl (C=S) groups is 1. The highest BCUT2D eigenvalue weighted by Gasteiger charge is 2.34. The summed E-state index contributed by atoms with van der Waals surface area (Å²) in [5.74, 6) is -1.95. The molecule has 2 N–H and O–H groups in total. The summed E-state index contributed by atoms with van der Waals surface area (Å²) in [4.78, 5) is 37.6. The van der Waals surface area contributed by atoms with Crippen molar-refractivity contribution in [3.8, 4) is 11.5 Å². The molecule has 2 aromatic carbocycles. The third-order valence-corrected chi connectivity index (χ3v) is 7.29. The monoisotopic (exact) mass is 557 g/mol. The third-order valence-electron chi connectivity index (χ3n) is 5.99. The molecule has 0 unspecified atom stereocenters. The number of carboxylic acid groups (broad SMARTS) is 2. The first-order valence-corrected chi connectivity index (χ1v) is 13.6. The summed E-state index contributed by atoms with van der Waals surface area (Å²) in [6.07, 6.45) is 8.63. The Morgan fingerprint density at radius 1 is 1.03 bits per heavy atom. The molecule has 0 spiro atoms. The third kappa shape index (κ3) is 7.35. The van der Waals surface area contributed by atoms with Gasteiger partial charge in [-0.05, 0) is 61.7 Å². The molecule has 0 bridgehead atoms. The number of unbranched alkanes of at least 4 members (excludes halogenated alkanes) is 4. The first-order chi connectivity index (χ1) is 18.1. The summed E-state index contributed by atoms with van der Waals surface area (Å²) in [6, 6.07) is 8.86. The molecule has 202 valence electrons. The van der Waals surface area contributed by atoms with Crippen molar-refractivity contribution in [1.82, 2.24) is 0 Å². The summed E-state index contributed by atoms with van der Waals surface area (Å²) in [5, 5.41) is 18.7. The topological polar surface area (TPSA) is 113 Å². The van der Waals surface area contributed by atoms with Gasteiger partial charge in [0.1, 0.15) is 0 Å². The van der Waals surface area contributed by atoms with E-state index in [4.69, 9.17) is 21.7 Å². The van der Waals surface area contributed by atoms with Crippen molar-refractivity contribution in [3.63, 3.8) is 0 Å². The maximum absolute atomic E-state index is 13.2. The quantitative estimate of drug-likeness (QED) is 0.159. The number of hydrogen-bond donors (Lipinski definition) is 2. The van der Waals surface area contributed by atoms with E-state index in [1.165, 1.54) is 37.8 Å². The van der Waals surface area contributed by atoms with Crippen LogP contribution < -0.4 is 14.4 Å². The van der Waals surface area contributed by atoms with Crippen molar-refractivity contribution < 1.29 is 34.1 Å². The summed E-state index contributed by atoms with van der Waals surface area (Å²) in [7, 11) is 1.55. The normalized spacial score (nSPS) is 15.1. The summed E-state index contributed by atoms with van der Waals surface area (Å²) in [6.45, 7) is 4.23. The van der Waals surface area contributed by atoms with Crippen molar-refractivity contribution in [2.24, 2.45) is 0 Å². The highest BCUT2D eigenvalue weighted by Crippen LogP contribution is 2.38. The van der Waals surface area contributed by atoms with Crippen LogP contribution in [0.4, 0.5) is 5.69 Å². The number of anilines is 1. The second-order valence-corrected chi connectivity index (χ2v) is 10.6. The van der Waals surface area contributed by atoms with E-state index in [0.717, 1.165) is 35.6 Å². The number of ether oxygens (including phenoxy) is 2. The Kier molecular flexibility index (Phi) is 10.3. The molecule has 0 aromatic heterocycles. The Balaban J connectivity index is 1.78. The molecule has 1 heterocycles. The summed E-state index contributed by atoms with van der Waals surface area (Å²) < 4.78 is 11.8. The van der Waals surface area contributed by atoms with Crippen LogP contribution in [0.2, 0.25) is 0 Å². The minimum absolute atomic E-state index is 0.0323. The van der Waals surface area contributed by atoms with E-state index in [1.54, 1.807) is 25.3 Å². The summed E-state index contributed by atoms with van der Waals surface area (Å²) >= 11 is 6.42. The molecular formula is C28H31NO7S2. The lowest BCUT2D eigenvalue weighted by molar-refractivity contribution is -0.113. The highest BCUT2D eigenvalue weighted by atomic mass is 32.2. The van der Waals surface area contributed by atoms with Gasteiger partial charge in [-0.15, -0.1) is 0 Å². The van der Waals surface area contributed by atoms with Crippen molar-refractivity contribution in [3.05, 3.63) is 58.0 Å². The molecule has 0 radical (unpaired) electrons. The number of benzene rings is 2. The lowest BCUT2D eigenvalue weighted by atomic mass is 10.1. The molecule has 1 saturated heterocycles. The Morgan fingerprint density at radius 3 is 2.29 bits per heavy atom. The predicted octanol–water partition coefficient (Wildman–Crippen LogP) is 6.63. The number of amides is 1. The molecule has 1 fully saturated rings. The Morgan fingerprint density at radius 2 is 1.68 bits per heavy atom. The predicted molar refractivity (Wildman–Crippen MR) is 152 cm³/mol. The van der Waals surface area contributed by atoms with Crippen molar-refractivity contribution in [2.75, 3.05) is 12.0 Å². The smallest absolute Gasteiger partial charge is 0.335 e. The molecule has 1 aliphatic rings. The first-order valence-electron chi connectivity index (χ1n) is 12.4. The molecule has 0 saturated carbocycles. The molecule has 8 nitrogen and oxygen atoms in total. The number of aromatic carboxylic acids is 2. The van der Waals surface area contributed by atoms with Crippen LogP contribution in [0.15, 0.2) is 41.3 Å². The van der Waals surface area contributed by atoms with Crippen LogP contribution in [-0.2, 0) is 4.79 Å². The molecular weight excluding hydrogens is 526 g/mol. The number of rotatable bonds is 13. The minimum Gasteiger partial charge on any atom is -0.493 e. The first kappa shape index (κ1) is 29.2. The van der Waals surface area contributed by atoms with Crippen LogP contribution in [0.3, 0.4) is 0 Å². The van der Waals surface area contributed by atoms with Crippen LogP contribution >= 0.6 is 24.0 Å². The van der Waals surface area contributed by atoms with E-state index in [0.29, 0.717) is 22.0 Å². The van der Waals surface area contributed by atoms with Gasteiger partial charge < -0.3 is 19.7 Å². The molecule has 0 aliphatic carbocycles. The largest absolute Gasteiger partial charge is 0.493 e. The molecule has 38 heavy (non-hydrogen) atoms. The van der Waals surface area contributed by atoms with Crippen LogP contribution in [0, 0.1) is 0 Å². The van der Waals surface area contributed by atoms with Crippen molar-refractivity contribution in [2.45, 2.75) is 58.5 Å². The van der Waals surface area contributed by atoms with Gasteiger partial charge in [-0.3, -0.25) is 9.69 Å². The van der Waals surface area contributed by atoms with E-state index in [-0.39, 0.29) is 27.2 Å². The van der Waals surface area contributed by atoms with E-state index < -0.39 is 17.8 Å². The van der Waals surface area contributed by atoms with Crippen LogP contribution in [0.5, 0.6) is 11.5 Å². The average Bonchev–Trinajstić information content (AvgIpc) is 3.16. The number of carbonyl (C=O) groups excluding carboxylic acids is 1. The number of carbonyl (C=O) groups is 3.